The predicted molar refractivity (Wildman–Crippen MR) is 97.0 cm³/mol. The summed E-state index contributed by atoms with van der Waals surface area (Å²) in [5.74, 6) is -0.891. The fourth-order valence-corrected chi connectivity index (χ4v) is 2.95. The number of nitrogens with zero attached hydrogens (tertiary/aromatic N) is 4. The van der Waals surface area contributed by atoms with E-state index in [-0.39, 0.29) is 34.0 Å². The third-order valence-corrected chi connectivity index (χ3v) is 4.53. The van der Waals surface area contributed by atoms with Gasteiger partial charge in [0.25, 0.3) is 0 Å². The van der Waals surface area contributed by atoms with Gasteiger partial charge in [-0.05, 0) is 57.3 Å². The first-order valence-corrected chi connectivity index (χ1v) is 9.14. The minimum Gasteiger partial charge on any atom is -0.393 e. The van der Waals surface area contributed by atoms with Gasteiger partial charge in [-0.25, -0.2) is 18.4 Å². The monoisotopic (exact) mass is 441 g/mol. The van der Waals surface area contributed by atoms with E-state index in [0.29, 0.717) is 18.5 Å². The second-order valence-electron chi connectivity index (χ2n) is 5.63. The lowest BCUT2D eigenvalue weighted by molar-refractivity contribution is 0.0834. The molecule has 0 radical (unpaired) electrons. The molecule has 144 valence electrons. The zero-order valence-electron chi connectivity index (χ0n) is 14.5. The van der Waals surface area contributed by atoms with Gasteiger partial charge in [0.2, 0.25) is 11.6 Å². The van der Waals surface area contributed by atoms with E-state index in [9.17, 15) is 14.3 Å². The SMILES string of the molecule is CC.O=c1onc(-c2nonc2NC2CC(O)C2)n1-c1ccc(F)c(Br)c1. The molecule has 1 aliphatic rings. The van der Waals surface area contributed by atoms with Crippen LogP contribution < -0.4 is 11.1 Å². The maximum atomic E-state index is 13.5. The van der Waals surface area contributed by atoms with Gasteiger partial charge in [0.1, 0.15) is 5.82 Å². The Morgan fingerprint density at radius 1 is 1.30 bits per heavy atom. The van der Waals surface area contributed by atoms with Crippen LogP contribution in [-0.4, -0.2) is 37.3 Å². The van der Waals surface area contributed by atoms with Crippen molar-refractivity contribution in [3.8, 4) is 17.2 Å². The number of aromatic nitrogens is 4. The summed E-state index contributed by atoms with van der Waals surface area (Å²) in [5.41, 5.74) is 0.509. The first-order chi connectivity index (χ1) is 13.0. The van der Waals surface area contributed by atoms with Crippen molar-refractivity contribution in [1.82, 2.24) is 20.0 Å². The first-order valence-electron chi connectivity index (χ1n) is 8.34. The van der Waals surface area contributed by atoms with Gasteiger partial charge < -0.3 is 10.4 Å². The van der Waals surface area contributed by atoms with Gasteiger partial charge in [-0.15, -0.1) is 0 Å². The van der Waals surface area contributed by atoms with Gasteiger partial charge in [-0.3, -0.25) is 4.52 Å². The molecule has 2 N–H and O–H groups in total. The molecule has 0 unspecified atom stereocenters. The third-order valence-electron chi connectivity index (χ3n) is 3.92. The van der Waals surface area contributed by atoms with Crippen LogP contribution in [0.1, 0.15) is 26.7 Å². The summed E-state index contributed by atoms with van der Waals surface area (Å²) in [4.78, 5) is 12.1. The molecule has 0 amide bonds. The highest BCUT2D eigenvalue weighted by atomic mass is 79.9. The molecule has 1 aromatic carbocycles. The molecule has 11 heteroatoms. The van der Waals surface area contributed by atoms with E-state index in [2.05, 4.69) is 36.7 Å². The Hall–Kier alpha value is -2.53. The number of rotatable bonds is 4. The summed E-state index contributed by atoms with van der Waals surface area (Å²) in [5, 5.41) is 23.7. The van der Waals surface area contributed by atoms with Crippen molar-refractivity contribution < 1.29 is 18.6 Å². The van der Waals surface area contributed by atoms with Gasteiger partial charge in [0, 0.05) is 6.04 Å². The Bertz CT molecular complexity index is 979. The molecule has 2 heterocycles. The summed E-state index contributed by atoms with van der Waals surface area (Å²) >= 11 is 3.08. The number of aliphatic hydroxyl groups excluding tert-OH is 1. The summed E-state index contributed by atoms with van der Waals surface area (Å²) < 4.78 is 24.3. The van der Waals surface area contributed by atoms with E-state index in [1.54, 1.807) is 0 Å². The summed E-state index contributed by atoms with van der Waals surface area (Å²) in [6, 6.07) is 4.05. The number of anilines is 1. The van der Waals surface area contributed by atoms with Crippen molar-refractivity contribution in [2.45, 2.75) is 38.8 Å². The van der Waals surface area contributed by atoms with E-state index in [4.69, 9.17) is 9.15 Å². The van der Waals surface area contributed by atoms with Crippen LogP contribution in [0.3, 0.4) is 0 Å². The van der Waals surface area contributed by atoms with Crippen molar-refractivity contribution in [1.29, 1.82) is 0 Å². The largest absolute Gasteiger partial charge is 0.446 e. The molecule has 0 saturated heterocycles. The normalized spacial score (nSPS) is 18.4. The molecule has 1 aliphatic carbocycles. The fourth-order valence-electron chi connectivity index (χ4n) is 2.58. The molecule has 1 saturated carbocycles. The van der Waals surface area contributed by atoms with Crippen LogP contribution in [0.2, 0.25) is 0 Å². The number of halogens is 2. The van der Waals surface area contributed by atoms with Crippen LogP contribution >= 0.6 is 15.9 Å². The standard InChI is InChI=1S/C14H11BrFN5O4.C2H6/c15-9-5-7(1-2-10(9)16)21-13(20-24-14(21)23)11-12(19-25-18-11)17-6-3-8(22)4-6;1-2/h1-2,5-6,8,22H,3-4H2,(H,17,19);1-2H3. The van der Waals surface area contributed by atoms with Crippen LogP contribution in [-0.2, 0) is 0 Å². The van der Waals surface area contributed by atoms with Gasteiger partial charge in [0.05, 0.1) is 16.3 Å². The van der Waals surface area contributed by atoms with Crippen LogP contribution in [0.25, 0.3) is 17.2 Å². The Kier molecular flexibility index (Phi) is 5.71. The minimum atomic E-state index is -0.762. The van der Waals surface area contributed by atoms with Crippen molar-refractivity contribution in [2.75, 3.05) is 5.32 Å². The number of hydrogen-bond acceptors (Lipinski definition) is 8. The molecule has 2 aromatic heterocycles. The lowest BCUT2D eigenvalue weighted by atomic mass is 9.89. The van der Waals surface area contributed by atoms with Crippen LogP contribution in [0.15, 0.2) is 36.6 Å². The Morgan fingerprint density at radius 3 is 2.70 bits per heavy atom. The van der Waals surface area contributed by atoms with Gasteiger partial charge in [-0.1, -0.05) is 19.0 Å². The van der Waals surface area contributed by atoms with E-state index in [1.807, 2.05) is 13.8 Å². The van der Waals surface area contributed by atoms with Crippen molar-refractivity contribution in [2.24, 2.45) is 0 Å². The first kappa shape index (κ1) is 19.2. The highest BCUT2D eigenvalue weighted by molar-refractivity contribution is 9.10. The van der Waals surface area contributed by atoms with Crippen LogP contribution in [0, 0.1) is 5.82 Å². The zero-order valence-corrected chi connectivity index (χ0v) is 16.1. The fraction of sp³-hybridized carbons (Fsp3) is 0.375. The quantitative estimate of drug-likeness (QED) is 0.633. The molecule has 27 heavy (non-hydrogen) atoms. The molecule has 1 fully saturated rings. The van der Waals surface area contributed by atoms with E-state index < -0.39 is 11.6 Å². The van der Waals surface area contributed by atoms with Crippen molar-refractivity contribution in [3.05, 3.63) is 39.0 Å². The van der Waals surface area contributed by atoms with E-state index >= 15 is 0 Å². The predicted octanol–water partition coefficient (Wildman–Crippen LogP) is 2.74. The smallest absolute Gasteiger partial charge is 0.393 e. The van der Waals surface area contributed by atoms with Crippen LogP contribution in [0.5, 0.6) is 0 Å². The molecule has 3 aromatic rings. The lowest BCUT2D eigenvalue weighted by Gasteiger charge is -2.31. The molecule has 0 spiro atoms. The molecular weight excluding hydrogens is 425 g/mol. The number of nitrogens with one attached hydrogen (secondary N) is 1. The number of aliphatic hydroxyl groups is 1. The second kappa shape index (κ2) is 8.01. The van der Waals surface area contributed by atoms with E-state index in [1.165, 1.54) is 18.2 Å². The highest BCUT2D eigenvalue weighted by Gasteiger charge is 2.30. The molecule has 4 rings (SSSR count). The maximum Gasteiger partial charge on any atom is 0.446 e. The molecule has 0 atom stereocenters. The van der Waals surface area contributed by atoms with Crippen molar-refractivity contribution in [3.63, 3.8) is 0 Å². The molecular formula is C16H17BrFN5O4. The maximum absolute atomic E-state index is 13.5. The van der Waals surface area contributed by atoms with E-state index in [0.717, 1.165) is 4.57 Å². The Balaban J connectivity index is 0.00000102. The minimum absolute atomic E-state index is 0.0210. The Labute approximate surface area is 161 Å². The second-order valence-corrected chi connectivity index (χ2v) is 6.49. The van der Waals surface area contributed by atoms with Crippen molar-refractivity contribution >= 4 is 21.7 Å². The Morgan fingerprint density at radius 2 is 2.04 bits per heavy atom. The molecule has 0 bridgehead atoms. The van der Waals surface area contributed by atoms with Gasteiger partial charge in [0.15, 0.2) is 5.69 Å². The summed E-state index contributed by atoms with van der Waals surface area (Å²) in [6.45, 7) is 4.00. The number of hydrogen-bond donors (Lipinski definition) is 2. The van der Waals surface area contributed by atoms with Crippen LogP contribution in [0.4, 0.5) is 10.2 Å². The summed E-state index contributed by atoms with van der Waals surface area (Å²) in [7, 11) is 0. The zero-order chi connectivity index (χ0) is 19.6. The third kappa shape index (κ3) is 3.78. The lowest BCUT2D eigenvalue weighted by Crippen LogP contribution is -2.39. The van der Waals surface area contributed by atoms with Gasteiger partial charge >= 0.3 is 5.76 Å². The molecule has 0 aliphatic heterocycles. The average molecular weight is 442 g/mol. The average Bonchev–Trinajstić information content (AvgIpc) is 3.24. The summed E-state index contributed by atoms with van der Waals surface area (Å²) in [6.07, 6.45) is 0.800. The molecule has 9 nitrogen and oxygen atoms in total. The number of benzene rings is 1. The van der Waals surface area contributed by atoms with Gasteiger partial charge in [-0.2, -0.15) is 0 Å². The topological polar surface area (TPSA) is 119 Å². The highest BCUT2D eigenvalue weighted by Crippen LogP contribution is 2.29.